The van der Waals surface area contributed by atoms with E-state index in [1.807, 2.05) is 11.8 Å². The van der Waals surface area contributed by atoms with Crippen molar-refractivity contribution >= 4 is 34.8 Å². The number of anilines is 2. The van der Waals surface area contributed by atoms with Gasteiger partial charge in [-0.25, -0.2) is 4.98 Å². The fourth-order valence-electron chi connectivity index (χ4n) is 2.45. The molecule has 0 spiro atoms. The van der Waals surface area contributed by atoms with Crippen molar-refractivity contribution in [3.05, 3.63) is 16.1 Å². The molecule has 0 radical (unpaired) electrons. The van der Waals surface area contributed by atoms with E-state index in [0.717, 1.165) is 32.4 Å². The maximum atomic E-state index is 10.2. The third-order valence-electron chi connectivity index (χ3n) is 3.43. The molecule has 20 heavy (non-hydrogen) atoms. The van der Waals surface area contributed by atoms with E-state index in [2.05, 4.69) is 17.2 Å². The first-order valence-corrected chi connectivity index (χ1v) is 7.76. The smallest absolute Gasteiger partial charge is 0.150 e. The van der Waals surface area contributed by atoms with Crippen LogP contribution in [0.5, 0.6) is 0 Å². The lowest BCUT2D eigenvalue weighted by Crippen LogP contribution is -2.46. The molecule has 1 atom stereocenters. The van der Waals surface area contributed by atoms with Crippen LogP contribution < -0.4 is 10.2 Å². The van der Waals surface area contributed by atoms with Gasteiger partial charge in [-0.1, -0.05) is 30.1 Å². The Hall–Kier alpha value is -0.710. The highest BCUT2D eigenvalue weighted by Gasteiger charge is 2.30. The van der Waals surface area contributed by atoms with E-state index in [-0.39, 0.29) is 0 Å². The van der Waals surface area contributed by atoms with Gasteiger partial charge >= 0.3 is 0 Å². The third-order valence-corrected chi connectivity index (χ3v) is 3.99. The second-order valence-electron chi connectivity index (χ2n) is 5.57. The summed E-state index contributed by atoms with van der Waals surface area (Å²) in [6, 6.07) is 1.72. The summed E-state index contributed by atoms with van der Waals surface area (Å²) in [7, 11) is 0. The van der Waals surface area contributed by atoms with E-state index in [4.69, 9.17) is 23.2 Å². The molecule has 2 rings (SSSR count). The van der Waals surface area contributed by atoms with Crippen molar-refractivity contribution in [2.75, 3.05) is 29.9 Å². The molecule has 1 aromatic heterocycles. The van der Waals surface area contributed by atoms with Crippen molar-refractivity contribution < 1.29 is 5.11 Å². The minimum atomic E-state index is -0.695. The predicted octanol–water partition coefficient (Wildman–Crippen LogP) is 3.56. The maximum absolute atomic E-state index is 10.2. The number of nitrogens with zero attached hydrogens (tertiary/aromatic N) is 2. The fourth-order valence-corrected chi connectivity index (χ4v) is 2.99. The molecule has 1 fully saturated rings. The molecular formula is C14H21Cl2N3O. The van der Waals surface area contributed by atoms with Crippen LogP contribution in [0.15, 0.2) is 6.07 Å². The van der Waals surface area contributed by atoms with Gasteiger partial charge in [-0.3, -0.25) is 0 Å². The highest BCUT2D eigenvalue weighted by molar-refractivity contribution is 6.37. The van der Waals surface area contributed by atoms with Gasteiger partial charge in [-0.15, -0.1) is 0 Å². The van der Waals surface area contributed by atoms with Crippen molar-refractivity contribution in [2.24, 2.45) is 0 Å². The van der Waals surface area contributed by atoms with Gasteiger partial charge in [0.25, 0.3) is 0 Å². The maximum Gasteiger partial charge on any atom is 0.150 e. The SMILES string of the molecule is CCCNc1nc(N2CCCC(C)(O)C2)c(Cl)cc1Cl. The van der Waals surface area contributed by atoms with Crippen molar-refractivity contribution in [1.82, 2.24) is 4.98 Å². The standard InChI is InChI=1S/C14H21Cl2N3O/c1-3-6-17-12-10(15)8-11(16)13(18-12)19-7-4-5-14(2,20)9-19/h8,20H,3-7,9H2,1-2H3,(H,17,18). The van der Waals surface area contributed by atoms with Gasteiger partial charge in [0.2, 0.25) is 0 Å². The van der Waals surface area contributed by atoms with E-state index in [1.54, 1.807) is 6.07 Å². The summed E-state index contributed by atoms with van der Waals surface area (Å²) >= 11 is 12.4. The second kappa shape index (κ2) is 6.37. The second-order valence-corrected chi connectivity index (χ2v) is 6.39. The number of hydrogen-bond donors (Lipinski definition) is 2. The molecule has 0 aliphatic carbocycles. The average Bonchev–Trinajstić information content (AvgIpc) is 2.36. The first-order valence-electron chi connectivity index (χ1n) is 7.00. The minimum absolute atomic E-state index is 0.523. The van der Waals surface area contributed by atoms with Crippen molar-refractivity contribution in [1.29, 1.82) is 0 Å². The molecule has 0 amide bonds. The van der Waals surface area contributed by atoms with Gasteiger partial charge < -0.3 is 15.3 Å². The lowest BCUT2D eigenvalue weighted by Gasteiger charge is -2.38. The van der Waals surface area contributed by atoms with Crippen molar-refractivity contribution in [2.45, 2.75) is 38.7 Å². The number of aliphatic hydroxyl groups is 1. The van der Waals surface area contributed by atoms with Gasteiger partial charge in [-0.2, -0.15) is 0 Å². The van der Waals surface area contributed by atoms with Crippen molar-refractivity contribution in [3.63, 3.8) is 0 Å². The molecule has 0 bridgehead atoms. The number of rotatable bonds is 4. The lowest BCUT2D eigenvalue weighted by molar-refractivity contribution is 0.0447. The van der Waals surface area contributed by atoms with Gasteiger partial charge in [0.1, 0.15) is 11.6 Å². The fraction of sp³-hybridized carbons (Fsp3) is 0.643. The Morgan fingerprint density at radius 3 is 2.85 bits per heavy atom. The summed E-state index contributed by atoms with van der Waals surface area (Å²) < 4.78 is 0. The molecule has 2 N–H and O–H groups in total. The van der Waals surface area contributed by atoms with Gasteiger partial charge in [-0.05, 0) is 32.3 Å². The molecule has 0 saturated carbocycles. The van der Waals surface area contributed by atoms with E-state index >= 15 is 0 Å². The molecule has 1 aliphatic heterocycles. The molecule has 2 heterocycles. The van der Waals surface area contributed by atoms with Crippen LogP contribution in [0.4, 0.5) is 11.6 Å². The molecule has 1 unspecified atom stereocenters. The van der Waals surface area contributed by atoms with Crippen LogP contribution in [-0.4, -0.2) is 35.3 Å². The number of β-amino-alcohol motifs (C(OH)–C–C–N with tert-alkyl or cyclic N) is 1. The summed E-state index contributed by atoms with van der Waals surface area (Å²) in [5, 5.41) is 14.5. The van der Waals surface area contributed by atoms with Crippen LogP contribution in [-0.2, 0) is 0 Å². The van der Waals surface area contributed by atoms with E-state index in [1.165, 1.54) is 0 Å². The quantitative estimate of drug-likeness (QED) is 0.891. The molecule has 1 aliphatic rings. The Morgan fingerprint density at radius 1 is 1.45 bits per heavy atom. The van der Waals surface area contributed by atoms with E-state index in [9.17, 15) is 5.11 Å². The monoisotopic (exact) mass is 317 g/mol. The zero-order valence-electron chi connectivity index (χ0n) is 11.9. The third kappa shape index (κ3) is 3.68. The molecule has 4 nitrogen and oxygen atoms in total. The number of nitrogens with one attached hydrogen (secondary N) is 1. The number of piperidine rings is 1. The first kappa shape index (κ1) is 15.7. The van der Waals surface area contributed by atoms with Crippen molar-refractivity contribution in [3.8, 4) is 0 Å². The Bertz CT molecular complexity index is 480. The van der Waals surface area contributed by atoms with Gasteiger partial charge in [0.05, 0.1) is 15.6 Å². The average molecular weight is 318 g/mol. The highest BCUT2D eigenvalue weighted by atomic mass is 35.5. The van der Waals surface area contributed by atoms with Gasteiger partial charge in [0.15, 0.2) is 0 Å². The summed E-state index contributed by atoms with van der Waals surface area (Å²) in [5.74, 6) is 1.34. The van der Waals surface area contributed by atoms with E-state index < -0.39 is 5.60 Å². The van der Waals surface area contributed by atoms with E-state index in [0.29, 0.717) is 28.2 Å². The first-order chi connectivity index (χ1) is 9.43. The summed E-state index contributed by atoms with van der Waals surface area (Å²) in [6.45, 7) is 6.12. The van der Waals surface area contributed by atoms with Crippen LogP contribution in [0.3, 0.4) is 0 Å². The van der Waals surface area contributed by atoms with Crippen LogP contribution in [0, 0.1) is 0 Å². The van der Waals surface area contributed by atoms with Gasteiger partial charge in [0, 0.05) is 19.6 Å². The number of hydrogen-bond acceptors (Lipinski definition) is 4. The number of halogens is 2. The summed E-state index contributed by atoms with van der Waals surface area (Å²) in [6.07, 6.45) is 2.72. The van der Waals surface area contributed by atoms with Crippen LogP contribution in [0.2, 0.25) is 10.0 Å². The topological polar surface area (TPSA) is 48.4 Å². The zero-order chi connectivity index (χ0) is 14.8. The normalized spacial score (nSPS) is 22.9. The molecule has 0 aromatic carbocycles. The Kier molecular flexibility index (Phi) is 4.99. The number of pyridine rings is 1. The molecular weight excluding hydrogens is 297 g/mol. The molecule has 1 aromatic rings. The molecule has 6 heteroatoms. The minimum Gasteiger partial charge on any atom is -0.388 e. The zero-order valence-corrected chi connectivity index (χ0v) is 13.4. The molecule has 112 valence electrons. The Labute approximate surface area is 130 Å². The summed E-state index contributed by atoms with van der Waals surface area (Å²) in [5.41, 5.74) is -0.695. The Morgan fingerprint density at radius 2 is 2.20 bits per heavy atom. The highest BCUT2D eigenvalue weighted by Crippen LogP contribution is 2.34. The van der Waals surface area contributed by atoms with Crippen LogP contribution in [0.1, 0.15) is 33.1 Å². The molecule has 1 saturated heterocycles. The Balaban J connectivity index is 2.26. The largest absolute Gasteiger partial charge is 0.388 e. The van der Waals surface area contributed by atoms with Crippen LogP contribution >= 0.6 is 23.2 Å². The van der Waals surface area contributed by atoms with Crippen LogP contribution in [0.25, 0.3) is 0 Å². The lowest BCUT2D eigenvalue weighted by atomic mass is 9.95. The summed E-state index contributed by atoms with van der Waals surface area (Å²) in [4.78, 5) is 6.57. The predicted molar refractivity (Wildman–Crippen MR) is 85.1 cm³/mol. The number of aromatic nitrogens is 1.